The van der Waals surface area contributed by atoms with Gasteiger partial charge in [0.1, 0.15) is 0 Å². The summed E-state index contributed by atoms with van der Waals surface area (Å²) in [5, 5.41) is 15.8. The summed E-state index contributed by atoms with van der Waals surface area (Å²) < 4.78 is 0.713. The molecule has 0 amide bonds. The monoisotopic (exact) mass is 217 g/mol. The van der Waals surface area contributed by atoms with Crippen LogP contribution in [0.1, 0.15) is 0 Å². The number of para-hydroxylation sites is 1. The standard InChI is InChI=1S/C11H7NO2S/c13-11-9-6-15-5-8(9)7-3-1-2-4-10(7)12(11)14/h1-6,14H. The van der Waals surface area contributed by atoms with E-state index in [1.54, 1.807) is 17.5 Å². The highest BCUT2D eigenvalue weighted by Crippen LogP contribution is 2.24. The van der Waals surface area contributed by atoms with E-state index in [1.807, 2.05) is 17.5 Å². The number of hydrogen-bond donors (Lipinski definition) is 1. The minimum Gasteiger partial charge on any atom is -0.425 e. The molecule has 0 aliphatic rings. The fraction of sp³-hybridized carbons (Fsp3) is 0. The minimum absolute atomic E-state index is 0.357. The highest BCUT2D eigenvalue weighted by Gasteiger charge is 2.09. The Morgan fingerprint density at radius 3 is 2.67 bits per heavy atom. The van der Waals surface area contributed by atoms with Gasteiger partial charge < -0.3 is 5.21 Å². The molecule has 0 bridgehead atoms. The van der Waals surface area contributed by atoms with Crippen LogP contribution in [0.4, 0.5) is 0 Å². The predicted octanol–water partition coefficient (Wildman–Crippen LogP) is 2.45. The number of rotatable bonds is 0. The van der Waals surface area contributed by atoms with Crippen LogP contribution in [0.5, 0.6) is 0 Å². The van der Waals surface area contributed by atoms with Crippen molar-refractivity contribution in [2.45, 2.75) is 0 Å². The Kier molecular flexibility index (Phi) is 1.61. The van der Waals surface area contributed by atoms with Crippen LogP contribution in [0.3, 0.4) is 0 Å². The molecule has 0 unspecified atom stereocenters. The molecule has 3 aromatic rings. The molecule has 74 valence electrons. The highest BCUT2D eigenvalue weighted by molar-refractivity contribution is 7.09. The number of hydrogen-bond acceptors (Lipinski definition) is 3. The van der Waals surface area contributed by atoms with Crippen LogP contribution in [0.25, 0.3) is 21.7 Å². The summed E-state index contributed by atoms with van der Waals surface area (Å²) in [5.41, 5.74) is 0.193. The van der Waals surface area contributed by atoms with Gasteiger partial charge in [-0.3, -0.25) is 4.79 Å². The Bertz CT molecular complexity index is 711. The molecule has 4 heteroatoms. The van der Waals surface area contributed by atoms with Crippen LogP contribution in [0, 0.1) is 0 Å². The molecule has 0 saturated heterocycles. The number of nitrogens with zero attached hydrogens (tertiary/aromatic N) is 1. The smallest absolute Gasteiger partial charge is 0.292 e. The lowest BCUT2D eigenvalue weighted by Gasteiger charge is -2.03. The Labute approximate surface area is 88.8 Å². The molecule has 0 aliphatic heterocycles. The summed E-state index contributed by atoms with van der Waals surface area (Å²) in [7, 11) is 0. The molecule has 0 saturated carbocycles. The van der Waals surface area contributed by atoms with E-state index in [9.17, 15) is 10.0 Å². The molecule has 15 heavy (non-hydrogen) atoms. The van der Waals surface area contributed by atoms with Crippen LogP contribution < -0.4 is 5.56 Å². The Morgan fingerprint density at radius 2 is 1.80 bits per heavy atom. The quantitative estimate of drug-likeness (QED) is 0.588. The molecule has 3 rings (SSSR count). The number of pyridine rings is 1. The molecule has 3 nitrogen and oxygen atoms in total. The summed E-state index contributed by atoms with van der Waals surface area (Å²) in [4.78, 5) is 11.7. The summed E-state index contributed by atoms with van der Waals surface area (Å²) in [5.74, 6) is 0. The fourth-order valence-electron chi connectivity index (χ4n) is 1.78. The summed E-state index contributed by atoms with van der Waals surface area (Å²) in [6.45, 7) is 0. The van der Waals surface area contributed by atoms with E-state index < -0.39 is 0 Å². The van der Waals surface area contributed by atoms with Gasteiger partial charge in [0.05, 0.1) is 10.9 Å². The van der Waals surface area contributed by atoms with E-state index in [4.69, 9.17) is 0 Å². The zero-order valence-corrected chi connectivity index (χ0v) is 8.49. The lowest BCUT2D eigenvalue weighted by molar-refractivity contribution is 0.190. The maximum absolute atomic E-state index is 11.7. The third kappa shape index (κ3) is 1.02. The number of thiophene rings is 1. The first-order valence-electron chi connectivity index (χ1n) is 4.48. The third-order valence-electron chi connectivity index (χ3n) is 2.51. The average molecular weight is 217 g/mol. The lowest BCUT2D eigenvalue weighted by atomic mass is 10.1. The van der Waals surface area contributed by atoms with Gasteiger partial charge in [-0.25, -0.2) is 0 Å². The predicted molar refractivity (Wildman–Crippen MR) is 60.8 cm³/mol. The SMILES string of the molecule is O=c1c2cscc2c2ccccc2n1O. The van der Waals surface area contributed by atoms with Crippen molar-refractivity contribution in [3.8, 4) is 0 Å². The van der Waals surface area contributed by atoms with Crippen LogP contribution in [0.15, 0.2) is 39.8 Å². The molecule has 1 N–H and O–H groups in total. The largest absolute Gasteiger partial charge is 0.425 e. The first-order valence-corrected chi connectivity index (χ1v) is 5.42. The normalized spacial score (nSPS) is 11.2. The summed E-state index contributed by atoms with van der Waals surface area (Å²) >= 11 is 1.47. The molecular weight excluding hydrogens is 210 g/mol. The van der Waals surface area contributed by atoms with Gasteiger partial charge in [-0.05, 0) is 11.4 Å². The molecule has 0 spiro atoms. The second-order valence-electron chi connectivity index (χ2n) is 3.33. The minimum atomic E-state index is -0.357. The Balaban J connectivity index is 2.77. The van der Waals surface area contributed by atoms with Crippen molar-refractivity contribution in [2.24, 2.45) is 0 Å². The topological polar surface area (TPSA) is 42.2 Å². The van der Waals surface area contributed by atoms with Gasteiger partial charge in [0.25, 0.3) is 5.56 Å². The van der Waals surface area contributed by atoms with Gasteiger partial charge in [-0.15, -0.1) is 4.73 Å². The number of aromatic nitrogens is 1. The molecule has 1 aromatic carbocycles. The maximum Gasteiger partial charge on any atom is 0.292 e. The molecular formula is C11H7NO2S. The van der Waals surface area contributed by atoms with Crippen LogP contribution in [-0.2, 0) is 0 Å². The molecule has 2 aromatic heterocycles. The van der Waals surface area contributed by atoms with E-state index >= 15 is 0 Å². The van der Waals surface area contributed by atoms with E-state index in [0.29, 0.717) is 15.6 Å². The van der Waals surface area contributed by atoms with Crippen LogP contribution in [-0.4, -0.2) is 9.94 Å². The van der Waals surface area contributed by atoms with Crippen molar-refractivity contribution in [3.63, 3.8) is 0 Å². The van der Waals surface area contributed by atoms with E-state index in [1.165, 1.54) is 11.3 Å². The Hall–Kier alpha value is -1.81. The molecule has 0 radical (unpaired) electrons. The van der Waals surface area contributed by atoms with Gasteiger partial charge >= 0.3 is 0 Å². The second kappa shape index (κ2) is 2.84. The first kappa shape index (κ1) is 8.49. The van der Waals surface area contributed by atoms with Crippen molar-refractivity contribution in [2.75, 3.05) is 0 Å². The third-order valence-corrected chi connectivity index (χ3v) is 3.25. The van der Waals surface area contributed by atoms with Crippen molar-refractivity contribution in [1.82, 2.24) is 4.73 Å². The van der Waals surface area contributed by atoms with E-state index in [2.05, 4.69) is 0 Å². The molecule has 2 heterocycles. The zero-order valence-electron chi connectivity index (χ0n) is 7.68. The molecule has 0 atom stereocenters. The highest BCUT2D eigenvalue weighted by atomic mass is 32.1. The fourth-order valence-corrected chi connectivity index (χ4v) is 2.60. The lowest BCUT2D eigenvalue weighted by Crippen LogP contribution is -2.17. The second-order valence-corrected chi connectivity index (χ2v) is 4.08. The van der Waals surface area contributed by atoms with Crippen LogP contribution in [0.2, 0.25) is 0 Å². The maximum atomic E-state index is 11.7. The average Bonchev–Trinajstić information content (AvgIpc) is 2.75. The molecule has 0 fully saturated rings. The zero-order chi connectivity index (χ0) is 10.4. The number of fused-ring (bicyclic) bond motifs is 3. The summed E-state index contributed by atoms with van der Waals surface area (Å²) in [6, 6.07) is 7.32. The van der Waals surface area contributed by atoms with Gasteiger partial charge in [-0.1, -0.05) is 18.2 Å². The number of benzene rings is 1. The van der Waals surface area contributed by atoms with Gasteiger partial charge in [0.15, 0.2) is 0 Å². The van der Waals surface area contributed by atoms with Crippen molar-refractivity contribution in [3.05, 3.63) is 45.4 Å². The first-order chi connectivity index (χ1) is 7.29. The Morgan fingerprint density at radius 1 is 1.07 bits per heavy atom. The van der Waals surface area contributed by atoms with Crippen molar-refractivity contribution in [1.29, 1.82) is 0 Å². The van der Waals surface area contributed by atoms with Gasteiger partial charge in [-0.2, -0.15) is 11.3 Å². The van der Waals surface area contributed by atoms with Gasteiger partial charge in [0, 0.05) is 16.2 Å². The molecule has 0 aliphatic carbocycles. The van der Waals surface area contributed by atoms with Gasteiger partial charge in [0.2, 0.25) is 0 Å². The van der Waals surface area contributed by atoms with E-state index in [-0.39, 0.29) is 5.56 Å². The van der Waals surface area contributed by atoms with Crippen molar-refractivity contribution < 1.29 is 5.21 Å². The van der Waals surface area contributed by atoms with E-state index in [0.717, 1.165) is 10.8 Å². The van der Waals surface area contributed by atoms with Crippen molar-refractivity contribution >= 4 is 33.0 Å². The van der Waals surface area contributed by atoms with Crippen LogP contribution >= 0.6 is 11.3 Å². The summed E-state index contributed by atoms with van der Waals surface area (Å²) in [6.07, 6.45) is 0.